The van der Waals surface area contributed by atoms with E-state index in [1.165, 1.54) is 34.9 Å². The van der Waals surface area contributed by atoms with Crippen molar-refractivity contribution >= 4 is 29.1 Å². The first-order valence-electron chi connectivity index (χ1n) is 11.6. The van der Waals surface area contributed by atoms with E-state index in [9.17, 15) is 18.8 Å². The molecule has 1 aliphatic rings. The summed E-state index contributed by atoms with van der Waals surface area (Å²) < 4.78 is 20.2. The van der Waals surface area contributed by atoms with E-state index < -0.39 is 17.4 Å². The number of nitrogens with one attached hydrogen (secondary N) is 2. The molecular formula is C27H24FN5O4. The van der Waals surface area contributed by atoms with Crippen LogP contribution in [-0.2, 0) is 22.7 Å². The van der Waals surface area contributed by atoms with Gasteiger partial charge in [0.15, 0.2) is 5.76 Å². The number of fused-ring (bicyclic) bond motifs is 1. The van der Waals surface area contributed by atoms with Crippen LogP contribution in [0.4, 0.5) is 15.8 Å². The largest absolute Gasteiger partial charge is 0.463 e. The van der Waals surface area contributed by atoms with Gasteiger partial charge in [0.1, 0.15) is 22.7 Å². The SMILES string of the molecule is CC(=O)Nc1ccc(N2C(=O)c3cc(-c4ccco4)nn3CC2(C)C(=O)NCc2ccc(F)cc2)cc1. The summed E-state index contributed by atoms with van der Waals surface area (Å²) >= 11 is 0. The van der Waals surface area contributed by atoms with Crippen LogP contribution >= 0.6 is 0 Å². The molecule has 9 nitrogen and oxygen atoms in total. The van der Waals surface area contributed by atoms with Crippen molar-refractivity contribution in [2.24, 2.45) is 0 Å². The molecule has 0 aliphatic carbocycles. The number of amides is 3. The summed E-state index contributed by atoms with van der Waals surface area (Å²) in [5, 5.41) is 10.1. The predicted octanol–water partition coefficient (Wildman–Crippen LogP) is 3.98. The summed E-state index contributed by atoms with van der Waals surface area (Å²) in [6.07, 6.45) is 1.52. The monoisotopic (exact) mass is 501 g/mol. The lowest BCUT2D eigenvalue weighted by Gasteiger charge is -2.43. The Balaban J connectivity index is 1.51. The van der Waals surface area contributed by atoms with Crippen molar-refractivity contribution in [2.75, 3.05) is 10.2 Å². The number of halogens is 1. The first-order chi connectivity index (χ1) is 17.7. The quantitative estimate of drug-likeness (QED) is 0.416. The van der Waals surface area contributed by atoms with Gasteiger partial charge >= 0.3 is 0 Å². The number of aromatic nitrogens is 2. The normalized spacial score (nSPS) is 16.8. The molecule has 0 saturated carbocycles. The highest BCUT2D eigenvalue weighted by Crippen LogP contribution is 2.35. The molecule has 4 aromatic rings. The Kier molecular flexibility index (Phi) is 6.08. The van der Waals surface area contributed by atoms with Gasteiger partial charge in [0.2, 0.25) is 11.8 Å². The maximum Gasteiger partial charge on any atom is 0.277 e. The first kappa shape index (κ1) is 24.0. The molecule has 188 valence electrons. The topological polar surface area (TPSA) is 109 Å². The lowest BCUT2D eigenvalue weighted by atomic mass is 9.93. The van der Waals surface area contributed by atoms with Crippen molar-refractivity contribution in [3.8, 4) is 11.5 Å². The van der Waals surface area contributed by atoms with Crippen LogP contribution in [0.3, 0.4) is 0 Å². The van der Waals surface area contributed by atoms with Crippen LogP contribution in [0.2, 0.25) is 0 Å². The number of hydrogen-bond acceptors (Lipinski definition) is 5. The fraction of sp³-hybridized carbons (Fsp3) is 0.185. The molecule has 0 radical (unpaired) electrons. The fourth-order valence-electron chi connectivity index (χ4n) is 4.40. The molecule has 0 fully saturated rings. The Labute approximate surface area is 211 Å². The molecule has 0 saturated heterocycles. The molecule has 3 amide bonds. The van der Waals surface area contributed by atoms with Gasteiger partial charge < -0.3 is 15.1 Å². The van der Waals surface area contributed by atoms with Crippen LogP contribution in [0.15, 0.2) is 77.4 Å². The molecule has 2 N–H and O–H groups in total. The highest BCUT2D eigenvalue weighted by atomic mass is 19.1. The summed E-state index contributed by atoms with van der Waals surface area (Å²) in [5.41, 5.74) is 1.18. The zero-order chi connectivity index (χ0) is 26.2. The number of carbonyl (C=O) groups is 3. The molecule has 1 aliphatic heterocycles. The lowest BCUT2D eigenvalue weighted by molar-refractivity contribution is -0.126. The standard InChI is InChI=1S/C27H24FN5O4/c1-17(34)30-20-9-11-21(12-10-20)33-25(35)23-14-22(24-4-3-13-37-24)31-32(23)16-27(33,2)26(36)29-15-18-5-7-19(28)8-6-18/h3-14H,15-16H2,1-2H3,(H,29,36)(H,30,34). The Morgan fingerprint density at radius 1 is 1.11 bits per heavy atom. The van der Waals surface area contributed by atoms with E-state index in [2.05, 4.69) is 15.7 Å². The van der Waals surface area contributed by atoms with Gasteiger partial charge in [0.25, 0.3) is 5.91 Å². The number of carbonyl (C=O) groups excluding carboxylic acids is 3. The van der Waals surface area contributed by atoms with E-state index in [1.807, 2.05) is 0 Å². The Morgan fingerprint density at radius 3 is 2.49 bits per heavy atom. The number of benzene rings is 2. The molecule has 37 heavy (non-hydrogen) atoms. The third-order valence-electron chi connectivity index (χ3n) is 6.23. The van der Waals surface area contributed by atoms with E-state index in [0.29, 0.717) is 34.1 Å². The number of rotatable bonds is 6. The average molecular weight is 502 g/mol. The minimum atomic E-state index is -1.36. The van der Waals surface area contributed by atoms with Gasteiger partial charge in [-0.2, -0.15) is 5.10 Å². The summed E-state index contributed by atoms with van der Waals surface area (Å²) in [7, 11) is 0. The van der Waals surface area contributed by atoms with E-state index in [1.54, 1.807) is 61.5 Å². The highest BCUT2D eigenvalue weighted by molar-refractivity contribution is 6.12. The van der Waals surface area contributed by atoms with Crippen molar-refractivity contribution in [1.82, 2.24) is 15.1 Å². The fourth-order valence-corrected chi connectivity index (χ4v) is 4.40. The van der Waals surface area contributed by atoms with Crippen LogP contribution in [0, 0.1) is 5.82 Å². The van der Waals surface area contributed by atoms with Crippen LogP contribution in [0.25, 0.3) is 11.5 Å². The second-order valence-electron chi connectivity index (χ2n) is 9.00. The first-order valence-corrected chi connectivity index (χ1v) is 11.6. The van der Waals surface area contributed by atoms with Gasteiger partial charge in [0.05, 0.1) is 12.8 Å². The summed E-state index contributed by atoms with van der Waals surface area (Å²) in [6, 6.07) is 17.6. The van der Waals surface area contributed by atoms with Crippen LogP contribution < -0.4 is 15.5 Å². The molecular weight excluding hydrogens is 477 g/mol. The van der Waals surface area contributed by atoms with Gasteiger partial charge in [-0.05, 0) is 61.0 Å². The van der Waals surface area contributed by atoms with E-state index in [-0.39, 0.29) is 24.8 Å². The number of nitrogens with zero attached hydrogens (tertiary/aromatic N) is 3. The van der Waals surface area contributed by atoms with Crippen LogP contribution in [-0.4, -0.2) is 33.0 Å². The van der Waals surface area contributed by atoms with Gasteiger partial charge in [-0.3, -0.25) is 24.0 Å². The predicted molar refractivity (Wildman–Crippen MR) is 134 cm³/mol. The molecule has 0 bridgehead atoms. The van der Waals surface area contributed by atoms with Gasteiger partial charge in [-0.15, -0.1) is 0 Å². The van der Waals surface area contributed by atoms with Crippen molar-refractivity contribution in [3.05, 3.63) is 90.1 Å². The van der Waals surface area contributed by atoms with E-state index in [0.717, 1.165) is 0 Å². The van der Waals surface area contributed by atoms with Crippen LogP contribution in [0.5, 0.6) is 0 Å². The Morgan fingerprint density at radius 2 is 1.84 bits per heavy atom. The van der Waals surface area contributed by atoms with Gasteiger partial charge in [-0.1, -0.05) is 12.1 Å². The lowest BCUT2D eigenvalue weighted by Crippen LogP contribution is -2.64. The van der Waals surface area contributed by atoms with Crippen LogP contribution in [0.1, 0.15) is 29.9 Å². The average Bonchev–Trinajstić information content (AvgIpc) is 3.54. The zero-order valence-electron chi connectivity index (χ0n) is 20.2. The minimum Gasteiger partial charge on any atom is -0.463 e. The molecule has 3 heterocycles. The second-order valence-corrected chi connectivity index (χ2v) is 9.00. The minimum absolute atomic E-state index is 0.0808. The zero-order valence-corrected chi connectivity index (χ0v) is 20.2. The molecule has 2 aromatic heterocycles. The smallest absolute Gasteiger partial charge is 0.277 e. The van der Waals surface area contributed by atoms with Gasteiger partial charge in [0, 0.05) is 30.9 Å². The second kappa shape index (κ2) is 9.38. The van der Waals surface area contributed by atoms with E-state index in [4.69, 9.17) is 4.42 Å². The third-order valence-corrected chi connectivity index (χ3v) is 6.23. The van der Waals surface area contributed by atoms with Crippen molar-refractivity contribution < 1.29 is 23.2 Å². The molecule has 2 aromatic carbocycles. The Hall–Kier alpha value is -4.73. The van der Waals surface area contributed by atoms with E-state index >= 15 is 0 Å². The van der Waals surface area contributed by atoms with Crippen molar-refractivity contribution in [1.29, 1.82) is 0 Å². The molecule has 5 rings (SSSR count). The summed E-state index contributed by atoms with van der Waals surface area (Å²) in [5.74, 6) is -0.906. The third kappa shape index (κ3) is 4.61. The molecule has 1 unspecified atom stereocenters. The molecule has 10 heteroatoms. The number of furan rings is 1. The number of anilines is 2. The maximum absolute atomic E-state index is 13.8. The van der Waals surface area contributed by atoms with Crippen molar-refractivity contribution in [2.45, 2.75) is 32.5 Å². The molecule has 1 atom stereocenters. The summed E-state index contributed by atoms with van der Waals surface area (Å²) in [6.45, 7) is 3.31. The molecule has 0 spiro atoms. The van der Waals surface area contributed by atoms with Crippen molar-refractivity contribution in [3.63, 3.8) is 0 Å². The maximum atomic E-state index is 13.8. The summed E-state index contributed by atoms with van der Waals surface area (Å²) in [4.78, 5) is 40.3. The van der Waals surface area contributed by atoms with Gasteiger partial charge in [-0.25, -0.2) is 4.39 Å². The Bertz CT molecular complexity index is 1460. The highest BCUT2D eigenvalue weighted by Gasteiger charge is 2.49. The number of hydrogen-bond donors (Lipinski definition) is 2.